The van der Waals surface area contributed by atoms with Crippen molar-refractivity contribution in [1.29, 1.82) is 0 Å². The van der Waals surface area contributed by atoms with Crippen LogP contribution in [0.25, 0.3) is 0 Å². The van der Waals surface area contributed by atoms with Gasteiger partial charge in [0.25, 0.3) is 6.43 Å². The molecule has 2 nitrogen and oxygen atoms in total. The molecule has 0 aliphatic carbocycles. The molecule has 2 N–H and O–H groups in total. The fourth-order valence-electron chi connectivity index (χ4n) is 2.41. The lowest BCUT2D eigenvalue weighted by Gasteiger charge is -2.31. The normalized spacial score (nSPS) is 17.5. The van der Waals surface area contributed by atoms with Crippen LogP contribution in [0.15, 0.2) is 24.3 Å². The van der Waals surface area contributed by atoms with Crippen LogP contribution in [-0.2, 0) is 6.54 Å². The van der Waals surface area contributed by atoms with Gasteiger partial charge in [-0.25, -0.2) is 8.78 Å². The van der Waals surface area contributed by atoms with Gasteiger partial charge in [-0.2, -0.15) is 0 Å². The summed E-state index contributed by atoms with van der Waals surface area (Å²) in [6.45, 7) is 3.73. The van der Waals surface area contributed by atoms with Gasteiger partial charge in [-0.15, -0.1) is 12.4 Å². The number of nitrogens with two attached hydrogens (primary N) is 1. The monoisotopic (exact) mass is 290 g/mol. The Hall–Kier alpha value is -0.710. The zero-order valence-corrected chi connectivity index (χ0v) is 11.7. The average Bonchev–Trinajstić information content (AvgIpc) is 2.40. The first-order chi connectivity index (χ1) is 8.69. The molecule has 0 saturated carbocycles. The molecule has 0 atom stereocenters. The molecule has 1 aromatic rings. The van der Waals surface area contributed by atoms with Crippen LogP contribution in [0.1, 0.15) is 30.4 Å². The summed E-state index contributed by atoms with van der Waals surface area (Å²) in [5, 5.41) is 0. The minimum absolute atomic E-state index is 0. The highest BCUT2D eigenvalue weighted by molar-refractivity contribution is 5.85. The zero-order chi connectivity index (χ0) is 13.0. The van der Waals surface area contributed by atoms with Gasteiger partial charge < -0.3 is 5.73 Å². The van der Waals surface area contributed by atoms with Crippen LogP contribution in [0.3, 0.4) is 0 Å². The predicted octanol–water partition coefficient (Wildman–Crippen LogP) is 3.22. The summed E-state index contributed by atoms with van der Waals surface area (Å²) in [6.07, 6.45) is -0.0867. The first-order valence-electron chi connectivity index (χ1n) is 6.48. The fraction of sp³-hybridized carbons (Fsp3) is 0.571. The Balaban J connectivity index is 0.00000180. The van der Waals surface area contributed by atoms with E-state index < -0.39 is 6.43 Å². The van der Waals surface area contributed by atoms with E-state index in [1.807, 2.05) is 0 Å². The molecule has 0 bridgehead atoms. The Bertz CT molecular complexity index is 362. The van der Waals surface area contributed by atoms with E-state index >= 15 is 0 Å². The first kappa shape index (κ1) is 16.3. The Labute approximate surface area is 119 Å². The average molecular weight is 291 g/mol. The third-order valence-electron chi connectivity index (χ3n) is 3.68. The minimum Gasteiger partial charge on any atom is -0.330 e. The van der Waals surface area contributed by atoms with E-state index in [1.165, 1.54) is 12.1 Å². The summed E-state index contributed by atoms with van der Waals surface area (Å²) < 4.78 is 24.8. The van der Waals surface area contributed by atoms with Crippen molar-refractivity contribution in [3.8, 4) is 0 Å². The summed E-state index contributed by atoms with van der Waals surface area (Å²) in [5.41, 5.74) is 6.86. The van der Waals surface area contributed by atoms with Crippen LogP contribution in [0, 0.1) is 5.92 Å². The summed E-state index contributed by atoms with van der Waals surface area (Å²) in [7, 11) is 0. The Morgan fingerprint density at radius 2 is 1.74 bits per heavy atom. The lowest BCUT2D eigenvalue weighted by molar-refractivity contribution is 0.151. The standard InChI is InChI=1S/C14H20F2N2.ClH/c15-14(16)13-3-1-12(2-4-13)10-18-7-5-11(9-17)6-8-18;/h1-4,11,14H,5-10,17H2;1H. The summed E-state index contributed by atoms with van der Waals surface area (Å²) in [5.74, 6) is 0.655. The van der Waals surface area contributed by atoms with Crippen molar-refractivity contribution in [3.63, 3.8) is 0 Å². The van der Waals surface area contributed by atoms with Crippen molar-refractivity contribution in [2.75, 3.05) is 19.6 Å². The third-order valence-corrected chi connectivity index (χ3v) is 3.68. The molecule has 1 aliphatic rings. The molecular weight excluding hydrogens is 270 g/mol. The van der Waals surface area contributed by atoms with E-state index in [4.69, 9.17) is 5.73 Å². The van der Waals surface area contributed by atoms with Crippen molar-refractivity contribution in [2.45, 2.75) is 25.8 Å². The van der Waals surface area contributed by atoms with E-state index in [-0.39, 0.29) is 18.0 Å². The van der Waals surface area contributed by atoms with Gasteiger partial charge in [0.05, 0.1) is 0 Å². The number of likely N-dealkylation sites (tertiary alicyclic amines) is 1. The van der Waals surface area contributed by atoms with Crippen LogP contribution < -0.4 is 5.73 Å². The molecule has 1 fully saturated rings. The van der Waals surface area contributed by atoms with Gasteiger partial charge >= 0.3 is 0 Å². The minimum atomic E-state index is -2.38. The summed E-state index contributed by atoms with van der Waals surface area (Å²) in [6, 6.07) is 6.65. The fourth-order valence-corrected chi connectivity index (χ4v) is 2.41. The van der Waals surface area contributed by atoms with Gasteiger partial charge in [0.2, 0.25) is 0 Å². The molecular formula is C14H21ClF2N2. The molecule has 0 spiro atoms. The Morgan fingerprint density at radius 3 is 2.21 bits per heavy atom. The second-order valence-electron chi connectivity index (χ2n) is 5.00. The van der Waals surface area contributed by atoms with Crippen LogP contribution in [0.4, 0.5) is 8.78 Å². The van der Waals surface area contributed by atoms with Gasteiger partial charge in [0.1, 0.15) is 0 Å². The molecule has 0 amide bonds. The Kier molecular flexibility index (Phi) is 6.69. The van der Waals surface area contributed by atoms with Crippen LogP contribution in [0.2, 0.25) is 0 Å². The second kappa shape index (κ2) is 7.78. The maximum atomic E-state index is 12.4. The highest BCUT2D eigenvalue weighted by Crippen LogP contribution is 2.21. The number of piperidine rings is 1. The molecule has 5 heteroatoms. The van der Waals surface area contributed by atoms with Crippen molar-refractivity contribution in [1.82, 2.24) is 4.90 Å². The maximum absolute atomic E-state index is 12.4. The lowest BCUT2D eigenvalue weighted by Crippen LogP contribution is -2.35. The molecule has 0 radical (unpaired) electrons. The van der Waals surface area contributed by atoms with E-state index in [1.54, 1.807) is 12.1 Å². The number of nitrogens with zero attached hydrogens (tertiary/aromatic N) is 1. The van der Waals surface area contributed by atoms with Crippen LogP contribution in [0.5, 0.6) is 0 Å². The van der Waals surface area contributed by atoms with Crippen molar-refractivity contribution < 1.29 is 8.78 Å². The van der Waals surface area contributed by atoms with E-state index in [2.05, 4.69) is 4.90 Å². The van der Waals surface area contributed by atoms with Crippen molar-refractivity contribution in [2.24, 2.45) is 11.7 Å². The van der Waals surface area contributed by atoms with Gasteiger partial charge in [0.15, 0.2) is 0 Å². The highest BCUT2D eigenvalue weighted by Gasteiger charge is 2.17. The number of benzene rings is 1. The third kappa shape index (κ3) is 4.71. The molecule has 19 heavy (non-hydrogen) atoms. The molecule has 0 aromatic heterocycles. The SMILES string of the molecule is Cl.NCC1CCN(Cc2ccc(C(F)F)cc2)CC1. The van der Waals surface area contributed by atoms with Gasteiger partial charge in [-0.05, 0) is 44.0 Å². The van der Waals surface area contributed by atoms with Gasteiger partial charge in [0, 0.05) is 12.1 Å². The van der Waals surface area contributed by atoms with E-state index in [0.717, 1.165) is 44.6 Å². The zero-order valence-electron chi connectivity index (χ0n) is 10.9. The summed E-state index contributed by atoms with van der Waals surface area (Å²) in [4.78, 5) is 2.36. The molecule has 1 heterocycles. The molecule has 108 valence electrons. The second-order valence-corrected chi connectivity index (χ2v) is 5.00. The Morgan fingerprint density at radius 1 is 1.16 bits per heavy atom. The van der Waals surface area contributed by atoms with Crippen LogP contribution in [-0.4, -0.2) is 24.5 Å². The van der Waals surface area contributed by atoms with E-state index in [0.29, 0.717) is 5.92 Å². The largest absolute Gasteiger partial charge is 0.330 e. The van der Waals surface area contributed by atoms with Crippen LogP contribution >= 0.6 is 12.4 Å². The number of hydrogen-bond donors (Lipinski definition) is 1. The quantitative estimate of drug-likeness (QED) is 0.922. The highest BCUT2D eigenvalue weighted by atomic mass is 35.5. The lowest BCUT2D eigenvalue weighted by atomic mass is 9.97. The maximum Gasteiger partial charge on any atom is 0.263 e. The number of halogens is 3. The topological polar surface area (TPSA) is 29.3 Å². The number of hydrogen-bond acceptors (Lipinski definition) is 2. The molecule has 2 rings (SSSR count). The van der Waals surface area contributed by atoms with Crippen molar-refractivity contribution in [3.05, 3.63) is 35.4 Å². The van der Waals surface area contributed by atoms with Gasteiger partial charge in [-0.1, -0.05) is 24.3 Å². The van der Waals surface area contributed by atoms with Gasteiger partial charge in [-0.3, -0.25) is 4.90 Å². The van der Waals surface area contributed by atoms with E-state index in [9.17, 15) is 8.78 Å². The first-order valence-corrected chi connectivity index (χ1v) is 6.48. The summed E-state index contributed by atoms with van der Waals surface area (Å²) >= 11 is 0. The molecule has 1 saturated heterocycles. The number of rotatable bonds is 4. The van der Waals surface area contributed by atoms with Crippen molar-refractivity contribution >= 4 is 12.4 Å². The molecule has 0 unspecified atom stereocenters. The molecule has 1 aliphatic heterocycles. The smallest absolute Gasteiger partial charge is 0.263 e. The molecule has 1 aromatic carbocycles. The number of alkyl halides is 2. The predicted molar refractivity (Wildman–Crippen MR) is 75.7 cm³/mol.